The van der Waals surface area contributed by atoms with E-state index in [1.54, 1.807) is 11.3 Å². The third-order valence-electron chi connectivity index (χ3n) is 3.19. The lowest BCUT2D eigenvalue weighted by Gasteiger charge is -2.13. The summed E-state index contributed by atoms with van der Waals surface area (Å²) in [5.41, 5.74) is 1.25. The van der Waals surface area contributed by atoms with Crippen LogP contribution >= 0.6 is 27.3 Å². The minimum absolute atomic E-state index is 0.195. The Labute approximate surface area is 137 Å². The number of carbonyl (C=O) groups is 1. The molecule has 0 saturated carbocycles. The summed E-state index contributed by atoms with van der Waals surface area (Å²) in [5, 5.41) is 3.50. The number of ether oxygens (including phenoxy) is 1. The summed E-state index contributed by atoms with van der Waals surface area (Å²) >= 11 is 5.13. The van der Waals surface area contributed by atoms with Crippen LogP contribution in [-0.4, -0.2) is 13.1 Å². The van der Waals surface area contributed by atoms with Crippen molar-refractivity contribution >= 4 is 33.2 Å². The van der Waals surface area contributed by atoms with Gasteiger partial charge in [-0.2, -0.15) is 0 Å². The molecule has 0 radical (unpaired) electrons. The zero-order valence-electron chi connectivity index (χ0n) is 12.1. The van der Waals surface area contributed by atoms with E-state index in [0.29, 0.717) is 6.42 Å². The molecule has 0 aliphatic carbocycles. The molecule has 2 rings (SSSR count). The number of halogens is 1. The molecule has 0 amide bonds. The van der Waals surface area contributed by atoms with Crippen LogP contribution in [0.15, 0.2) is 40.9 Å². The lowest BCUT2D eigenvalue weighted by Crippen LogP contribution is -2.17. The average molecular weight is 368 g/mol. The van der Waals surface area contributed by atoms with E-state index in [2.05, 4.69) is 51.1 Å². The molecule has 1 aromatic heterocycles. The predicted octanol–water partition coefficient (Wildman–Crippen LogP) is 4.08. The van der Waals surface area contributed by atoms with Gasteiger partial charge in [0.1, 0.15) is 0 Å². The Kier molecular flexibility index (Phi) is 5.96. The highest BCUT2D eigenvalue weighted by molar-refractivity contribution is 9.10. The Morgan fingerprint density at radius 1 is 1.33 bits per heavy atom. The van der Waals surface area contributed by atoms with Gasteiger partial charge in [0.25, 0.3) is 0 Å². The Bertz CT molecular complexity index is 612. The molecular formula is C16H18BrNO2S. The summed E-state index contributed by atoms with van der Waals surface area (Å²) in [4.78, 5) is 13.5. The molecule has 1 heterocycles. The van der Waals surface area contributed by atoms with Crippen molar-refractivity contribution in [1.82, 2.24) is 5.32 Å². The monoisotopic (exact) mass is 367 g/mol. The lowest BCUT2D eigenvalue weighted by molar-refractivity contribution is -0.139. The highest BCUT2D eigenvalue weighted by Crippen LogP contribution is 2.21. The van der Waals surface area contributed by atoms with E-state index in [9.17, 15) is 4.79 Å². The van der Waals surface area contributed by atoms with E-state index in [1.165, 1.54) is 17.6 Å². The summed E-state index contributed by atoms with van der Waals surface area (Å²) in [6.07, 6.45) is 0.350. The van der Waals surface area contributed by atoms with Gasteiger partial charge in [-0.1, -0.05) is 28.1 Å². The molecule has 0 saturated heterocycles. The van der Waals surface area contributed by atoms with Crippen molar-refractivity contribution in [3.63, 3.8) is 0 Å². The van der Waals surface area contributed by atoms with E-state index < -0.39 is 0 Å². The molecule has 0 fully saturated rings. The van der Waals surface area contributed by atoms with Crippen molar-refractivity contribution < 1.29 is 9.53 Å². The number of methoxy groups -OCH3 is 1. The van der Waals surface area contributed by atoms with E-state index >= 15 is 0 Å². The molecule has 0 aliphatic rings. The number of esters is 1. The molecule has 1 N–H and O–H groups in total. The Morgan fingerprint density at radius 3 is 2.81 bits per heavy atom. The van der Waals surface area contributed by atoms with Gasteiger partial charge in [-0.25, -0.2) is 0 Å². The maximum absolute atomic E-state index is 11.2. The molecule has 112 valence electrons. The molecule has 0 unspecified atom stereocenters. The maximum Gasteiger partial charge on any atom is 0.310 e. The number of hydrogen-bond donors (Lipinski definition) is 1. The van der Waals surface area contributed by atoms with Crippen molar-refractivity contribution in [2.24, 2.45) is 0 Å². The molecule has 21 heavy (non-hydrogen) atoms. The third-order valence-corrected chi connectivity index (χ3v) is 4.77. The molecule has 0 aliphatic heterocycles. The fourth-order valence-electron chi connectivity index (χ4n) is 1.97. The van der Waals surface area contributed by atoms with Crippen LogP contribution in [0.4, 0.5) is 0 Å². The van der Waals surface area contributed by atoms with Gasteiger partial charge >= 0.3 is 5.97 Å². The zero-order valence-corrected chi connectivity index (χ0v) is 14.5. The van der Waals surface area contributed by atoms with Gasteiger partial charge in [0.05, 0.1) is 13.5 Å². The van der Waals surface area contributed by atoms with Crippen LogP contribution < -0.4 is 5.32 Å². The maximum atomic E-state index is 11.2. The molecule has 1 atom stereocenters. The largest absolute Gasteiger partial charge is 0.469 e. The topological polar surface area (TPSA) is 38.3 Å². The third kappa shape index (κ3) is 4.95. The summed E-state index contributed by atoms with van der Waals surface area (Å²) < 4.78 is 5.77. The molecule has 2 aromatic rings. The van der Waals surface area contributed by atoms with Gasteiger partial charge in [0.2, 0.25) is 0 Å². The molecule has 1 aromatic carbocycles. The summed E-state index contributed by atoms with van der Waals surface area (Å²) in [6, 6.07) is 12.6. The summed E-state index contributed by atoms with van der Waals surface area (Å²) in [5.74, 6) is -0.195. The fraction of sp³-hybridized carbons (Fsp3) is 0.312. The van der Waals surface area contributed by atoms with Gasteiger partial charge in [-0.15, -0.1) is 11.3 Å². The standard InChI is InChI=1S/C16H18BrNO2S/c1-11(12-4-3-5-13(17)8-12)18-10-15-7-6-14(21-15)9-16(19)20-2/h3-8,11,18H,9-10H2,1-2H3/t11-/m0/s1. The Hall–Kier alpha value is -1.17. The normalized spacial score (nSPS) is 12.1. The first kappa shape index (κ1) is 16.2. The number of hydrogen-bond acceptors (Lipinski definition) is 4. The predicted molar refractivity (Wildman–Crippen MR) is 89.4 cm³/mol. The number of carbonyl (C=O) groups excluding carboxylic acids is 1. The molecule has 0 spiro atoms. The number of thiophene rings is 1. The van der Waals surface area contributed by atoms with E-state index in [4.69, 9.17) is 0 Å². The summed E-state index contributed by atoms with van der Waals surface area (Å²) in [6.45, 7) is 2.93. The van der Waals surface area contributed by atoms with Crippen LogP contribution in [0.25, 0.3) is 0 Å². The van der Waals surface area contributed by atoms with Gasteiger partial charge in [-0.05, 0) is 36.8 Å². The smallest absolute Gasteiger partial charge is 0.310 e. The van der Waals surface area contributed by atoms with Crippen LogP contribution in [0.3, 0.4) is 0 Å². The van der Waals surface area contributed by atoms with E-state index in [1.807, 2.05) is 18.2 Å². The zero-order chi connectivity index (χ0) is 15.2. The van der Waals surface area contributed by atoms with Crippen LogP contribution in [-0.2, 0) is 22.5 Å². The first-order valence-electron chi connectivity index (χ1n) is 6.71. The van der Waals surface area contributed by atoms with E-state index in [0.717, 1.165) is 15.9 Å². The van der Waals surface area contributed by atoms with Crippen molar-refractivity contribution in [3.05, 3.63) is 56.2 Å². The average Bonchev–Trinajstić information content (AvgIpc) is 2.92. The van der Waals surface area contributed by atoms with Gasteiger partial charge in [0.15, 0.2) is 0 Å². The molecular weight excluding hydrogens is 350 g/mol. The second kappa shape index (κ2) is 7.73. The van der Waals surface area contributed by atoms with E-state index in [-0.39, 0.29) is 12.0 Å². The van der Waals surface area contributed by atoms with Crippen LogP contribution in [0.5, 0.6) is 0 Å². The first-order chi connectivity index (χ1) is 10.1. The first-order valence-corrected chi connectivity index (χ1v) is 8.32. The fourth-order valence-corrected chi connectivity index (χ4v) is 3.35. The van der Waals surface area contributed by atoms with Gasteiger partial charge < -0.3 is 10.1 Å². The van der Waals surface area contributed by atoms with Crippen LogP contribution in [0, 0.1) is 0 Å². The minimum atomic E-state index is -0.195. The highest BCUT2D eigenvalue weighted by Gasteiger charge is 2.08. The Morgan fingerprint density at radius 2 is 2.10 bits per heavy atom. The number of benzene rings is 1. The Balaban J connectivity index is 1.89. The van der Waals surface area contributed by atoms with Crippen LogP contribution in [0.1, 0.15) is 28.3 Å². The number of rotatable bonds is 6. The SMILES string of the molecule is COC(=O)Cc1ccc(CN[C@@H](C)c2cccc(Br)c2)s1. The van der Waals surface area contributed by atoms with Crippen molar-refractivity contribution in [1.29, 1.82) is 0 Å². The second-order valence-corrected chi connectivity index (χ2v) is 6.95. The van der Waals surface area contributed by atoms with Crippen LogP contribution in [0.2, 0.25) is 0 Å². The second-order valence-electron chi connectivity index (χ2n) is 4.78. The van der Waals surface area contributed by atoms with Gasteiger partial charge in [-0.3, -0.25) is 4.79 Å². The highest BCUT2D eigenvalue weighted by atomic mass is 79.9. The van der Waals surface area contributed by atoms with Crippen molar-refractivity contribution in [3.8, 4) is 0 Å². The molecule has 3 nitrogen and oxygen atoms in total. The minimum Gasteiger partial charge on any atom is -0.469 e. The molecule has 0 bridgehead atoms. The molecule has 5 heteroatoms. The van der Waals surface area contributed by atoms with Crippen molar-refractivity contribution in [2.75, 3.05) is 7.11 Å². The number of nitrogens with one attached hydrogen (secondary N) is 1. The van der Waals surface area contributed by atoms with Gasteiger partial charge in [0, 0.05) is 26.8 Å². The van der Waals surface area contributed by atoms with Crippen molar-refractivity contribution in [2.45, 2.75) is 25.9 Å². The lowest BCUT2D eigenvalue weighted by atomic mass is 10.1. The summed E-state index contributed by atoms with van der Waals surface area (Å²) in [7, 11) is 1.41. The quantitative estimate of drug-likeness (QED) is 0.781.